The zero-order chi connectivity index (χ0) is 18.1. The highest BCUT2D eigenvalue weighted by atomic mass is 19.1. The van der Waals surface area contributed by atoms with E-state index in [1.807, 2.05) is 0 Å². The third-order valence-electron chi connectivity index (χ3n) is 4.69. The Labute approximate surface area is 143 Å². The van der Waals surface area contributed by atoms with Crippen molar-refractivity contribution >= 4 is 23.4 Å². The first-order valence-corrected chi connectivity index (χ1v) is 8.17. The molecule has 1 N–H and O–H groups in total. The zero-order valence-corrected chi connectivity index (χ0v) is 13.8. The molecule has 3 rings (SSSR count). The monoisotopic (exact) mass is 351 g/mol. The van der Waals surface area contributed by atoms with Crippen LogP contribution < -0.4 is 10.2 Å². The van der Waals surface area contributed by atoms with Crippen molar-refractivity contribution in [2.24, 2.45) is 0 Å². The molecule has 2 aliphatic heterocycles. The van der Waals surface area contributed by atoms with Crippen molar-refractivity contribution in [1.29, 1.82) is 0 Å². The van der Waals surface area contributed by atoms with E-state index < -0.39 is 29.4 Å². The predicted octanol–water partition coefficient (Wildman–Crippen LogP) is 1.15. The summed E-state index contributed by atoms with van der Waals surface area (Å²) in [5.41, 5.74) is 0.183. The molecule has 6 nitrogen and oxygen atoms in total. The van der Waals surface area contributed by atoms with Crippen LogP contribution in [0, 0.1) is 11.6 Å². The minimum atomic E-state index is -0.718. The van der Waals surface area contributed by atoms with Gasteiger partial charge in [-0.1, -0.05) is 0 Å². The summed E-state index contributed by atoms with van der Waals surface area (Å²) in [6.07, 6.45) is 0.0580. The van der Waals surface area contributed by atoms with Gasteiger partial charge in [-0.25, -0.2) is 8.78 Å². The van der Waals surface area contributed by atoms with Gasteiger partial charge in [0, 0.05) is 51.9 Å². The molecule has 8 heteroatoms. The lowest BCUT2D eigenvalue weighted by atomic mass is 9.89. The molecule has 3 amide bonds. The number of piperidine rings is 1. The van der Waals surface area contributed by atoms with E-state index in [-0.39, 0.29) is 24.4 Å². The van der Waals surface area contributed by atoms with Crippen LogP contribution in [-0.4, -0.2) is 48.8 Å². The van der Waals surface area contributed by atoms with Crippen LogP contribution in [0.5, 0.6) is 0 Å². The van der Waals surface area contributed by atoms with Crippen LogP contribution in [-0.2, 0) is 14.4 Å². The van der Waals surface area contributed by atoms with E-state index in [2.05, 4.69) is 5.32 Å². The smallest absolute Gasteiger partial charge is 0.227 e. The third-order valence-corrected chi connectivity index (χ3v) is 4.69. The molecule has 1 aromatic rings. The van der Waals surface area contributed by atoms with Crippen molar-refractivity contribution in [3.8, 4) is 0 Å². The highest BCUT2D eigenvalue weighted by Gasteiger charge is 2.29. The molecule has 1 aromatic carbocycles. The van der Waals surface area contributed by atoms with Crippen LogP contribution in [0.25, 0.3) is 0 Å². The van der Waals surface area contributed by atoms with Crippen LogP contribution in [0.1, 0.15) is 31.2 Å². The molecule has 0 aromatic heterocycles. The van der Waals surface area contributed by atoms with E-state index in [0.29, 0.717) is 31.7 Å². The van der Waals surface area contributed by atoms with Crippen LogP contribution in [0.15, 0.2) is 12.1 Å². The fraction of sp³-hybridized carbons (Fsp3) is 0.471. The summed E-state index contributed by atoms with van der Waals surface area (Å²) in [6.45, 7) is 2.97. The number of amides is 3. The molecule has 0 spiro atoms. The van der Waals surface area contributed by atoms with Gasteiger partial charge in [0.25, 0.3) is 0 Å². The maximum atomic E-state index is 14.6. The Kier molecular flexibility index (Phi) is 4.69. The number of hydrogen-bond acceptors (Lipinski definition) is 4. The van der Waals surface area contributed by atoms with Crippen molar-refractivity contribution in [2.75, 3.05) is 31.1 Å². The number of piperazine rings is 1. The van der Waals surface area contributed by atoms with Crippen molar-refractivity contribution in [1.82, 2.24) is 10.2 Å². The fourth-order valence-electron chi connectivity index (χ4n) is 3.38. The quantitative estimate of drug-likeness (QED) is 0.812. The number of nitrogens with one attached hydrogen (secondary N) is 1. The number of nitrogens with zero attached hydrogens (tertiary/aromatic N) is 2. The lowest BCUT2D eigenvalue weighted by Crippen LogP contribution is -2.48. The molecule has 0 atom stereocenters. The van der Waals surface area contributed by atoms with E-state index in [4.69, 9.17) is 0 Å². The van der Waals surface area contributed by atoms with Gasteiger partial charge in [-0.2, -0.15) is 0 Å². The molecule has 2 saturated heterocycles. The minimum absolute atomic E-state index is 0.0290. The number of carbonyl (C=O) groups excluding carboxylic acids is 3. The van der Waals surface area contributed by atoms with Gasteiger partial charge in [-0.05, 0) is 17.7 Å². The Morgan fingerprint density at radius 3 is 2.04 bits per heavy atom. The van der Waals surface area contributed by atoms with E-state index >= 15 is 0 Å². The summed E-state index contributed by atoms with van der Waals surface area (Å²) >= 11 is 0. The van der Waals surface area contributed by atoms with E-state index in [1.54, 1.807) is 9.80 Å². The van der Waals surface area contributed by atoms with Gasteiger partial charge in [-0.15, -0.1) is 0 Å². The highest BCUT2D eigenvalue weighted by Crippen LogP contribution is 2.32. The number of anilines is 1. The van der Waals surface area contributed by atoms with Crippen molar-refractivity contribution in [3.63, 3.8) is 0 Å². The second-order valence-electron chi connectivity index (χ2n) is 6.40. The summed E-state index contributed by atoms with van der Waals surface area (Å²) in [5, 5.41) is 2.18. The fourth-order valence-corrected chi connectivity index (χ4v) is 3.38. The summed E-state index contributed by atoms with van der Waals surface area (Å²) in [4.78, 5) is 37.5. The molecule has 0 radical (unpaired) electrons. The van der Waals surface area contributed by atoms with Crippen molar-refractivity contribution < 1.29 is 23.2 Å². The summed E-state index contributed by atoms with van der Waals surface area (Å²) < 4.78 is 29.1. The Balaban J connectivity index is 1.80. The zero-order valence-electron chi connectivity index (χ0n) is 13.8. The number of carbonyl (C=O) groups is 3. The highest BCUT2D eigenvalue weighted by molar-refractivity contribution is 5.98. The second-order valence-corrected chi connectivity index (χ2v) is 6.40. The summed E-state index contributed by atoms with van der Waals surface area (Å²) in [5.74, 6) is -2.89. The van der Waals surface area contributed by atoms with Crippen LogP contribution in [0.4, 0.5) is 14.5 Å². The van der Waals surface area contributed by atoms with Gasteiger partial charge in [0.15, 0.2) is 0 Å². The molecule has 2 fully saturated rings. The van der Waals surface area contributed by atoms with Gasteiger partial charge in [0.2, 0.25) is 17.7 Å². The number of rotatable bonds is 2. The first-order chi connectivity index (χ1) is 11.8. The maximum Gasteiger partial charge on any atom is 0.227 e. The van der Waals surface area contributed by atoms with Crippen molar-refractivity contribution in [2.45, 2.75) is 25.7 Å². The molecule has 2 heterocycles. The van der Waals surface area contributed by atoms with Crippen LogP contribution in [0.3, 0.4) is 0 Å². The summed E-state index contributed by atoms with van der Waals surface area (Å²) in [6, 6.07) is 2.40. The Morgan fingerprint density at radius 2 is 1.56 bits per heavy atom. The van der Waals surface area contributed by atoms with Gasteiger partial charge in [-0.3, -0.25) is 19.7 Å². The number of hydrogen-bond donors (Lipinski definition) is 1. The van der Waals surface area contributed by atoms with Gasteiger partial charge in [0.1, 0.15) is 17.3 Å². The molecule has 25 heavy (non-hydrogen) atoms. The second kappa shape index (κ2) is 6.78. The van der Waals surface area contributed by atoms with E-state index in [1.165, 1.54) is 19.1 Å². The number of imide groups is 1. The number of benzene rings is 1. The van der Waals surface area contributed by atoms with Gasteiger partial charge in [0.05, 0.1) is 0 Å². The Hall–Kier alpha value is -2.51. The van der Waals surface area contributed by atoms with E-state index in [9.17, 15) is 23.2 Å². The Morgan fingerprint density at radius 1 is 1.04 bits per heavy atom. The number of halogens is 2. The van der Waals surface area contributed by atoms with Crippen LogP contribution >= 0.6 is 0 Å². The lowest BCUT2D eigenvalue weighted by molar-refractivity contribution is -0.133. The molecule has 0 saturated carbocycles. The van der Waals surface area contributed by atoms with Crippen LogP contribution in [0.2, 0.25) is 0 Å². The molecule has 134 valence electrons. The molecular formula is C17H19F2N3O3. The standard InChI is InChI=1S/C17H19F2N3O3/c1-10(23)21-2-4-22(5-3-21)17-13(18)6-11(7-14(17)19)12-8-15(24)20-16(25)9-12/h6-7,12H,2-5,8-9H2,1H3,(H,20,24,25). The maximum absolute atomic E-state index is 14.6. The molecule has 0 bridgehead atoms. The van der Waals surface area contributed by atoms with Crippen molar-refractivity contribution in [3.05, 3.63) is 29.3 Å². The third kappa shape index (κ3) is 3.62. The molecule has 2 aliphatic rings. The van der Waals surface area contributed by atoms with Gasteiger partial charge >= 0.3 is 0 Å². The SMILES string of the molecule is CC(=O)N1CCN(c2c(F)cc(C3CC(=O)NC(=O)C3)cc2F)CC1. The lowest BCUT2D eigenvalue weighted by Gasteiger charge is -2.36. The predicted molar refractivity (Wildman–Crippen MR) is 85.9 cm³/mol. The molecule has 0 unspecified atom stereocenters. The molecular weight excluding hydrogens is 332 g/mol. The average Bonchev–Trinajstić information content (AvgIpc) is 2.53. The minimum Gasteiger partial charge on any atom is -0.363 e. The summed E-state index contributed by atoms with van der Waals surface area (Å²) in [7, 11) is 0. The Bertz CT molecular complexity index is 691. The first kappa shape index (κ1) is 17.3. The first-order valence-electron chi connectivity index (χ1n) is 8.17. The average molecular weight is 351 g/mol. The largest absolute Gasteiger partial charge is 0.363 e. The van der Waals surface area contributed by atoms with E-state index in [0.717, 1.165) is 0 Å². The molecule has 0 aliphatic carbocycles. The van der Waals surface area contributed by atoms with Gasteiger partial charge < -0.3 is 9.80 Å². The topological polar surface area (TPSA) is 69.7 Å². The normalized spacial score (nSPS) is 19.2.